The lowest BCUT2D eigenvalue weighted by atomic mass is 9.54. The summed E-state index contributed by atoms with van der Waals surface area (Å²) in [6.45, 7) is 5.75. The first-order chi connectivity index (χ1) is 12.2. The maximum Gasteiger partial charge on any atom is 0.330 e. The molecular weight excluding hydrogens is 338 g/mol. The molecule has 0 bridgehead atoms. The van der Waals surface area contributed by atoms with Crippen molar-refractivity contribution < 1.29 is 19.4 Å². The number of amides is 1. The van der Waals surface area contributed by atoms with Crippen molar-refractivity contribution in [2.75, 3.05) is 6.61 Å². The molecule has 0 aromatic carbocycles. The smallest absolute Gasteiger partial charge is 0.330 e. The summed E-state index contributed by atoms with van der Waals surface area (Å²) in [4.78, 5) is 41.3. The number of carbonyl (C=O) groups is 2. The summed E-state index contributed by atoms with van der Waals surface area (Å²) in [5, 5.41) is 12.3. The van der Waals surface area contributed by atoms with Crippen molar-refractivity contribution in [3.8, 4) is 0 Å². The Morgan fingerprint density at radius 3 is 2.77 bits per heavy atom. The molecule has 3 rings (SSSR count). The van der Waals surface area contributed by atoms with Crippen LogP contribution >= 0.6 is 0 Å². The van der Waals surface area contributed by atoms with Crippen molar-refractivity contribution >= 4 is 17.5 Å². The number of carbonyl (C=O) groups excluding carboxylic acids is 1. The fourth-order valence-electron chi connectivity index (χ4n) is 3.48. The number of hydrogen-bond donors (Lipinski definition) is 2. The Morgan fingerprint density at radius 1 is 1.42 bits per heavy atom. The number of fused-ring (bicyclic) bond motifs is 1. The number of nitrogens with one attached hydrogen (secondary N) is 1. The number of aliphatic carboxylic acids is 1. The normalized spacial score (nSPS) is 24.0. The summed E-state index contributed by atoms with van der Waals surface area (Å²) < 4.78 is 6.82. The second-order valence-corrected chi connectivity index (χ2v) is 6.94. The van der Waals surface area contributed by atoms with Gasteiger partial charge in [0.05, 0.1) is 6.10 Å². The molecule has 2 atom stereocenters. The molecular formula is C18H21N3O5. The quantitative estimate of drug-likeness (QED) is 0.827. The van der Waals surface area contributed by atoms with E-state index in [1.807, 2.05) is 6.92 Å². The Hall–Kier alpha value is -2.74. The van der Waals surface area contributed by atoms with E-state index in [1.54, 1.807) is 32.0 Å². The van der Waals surface area contributed by atoms with Gasteiger partial charge in [0.2, 0.25) is 0 Å². The van der Waals surface area contributed by atoms with Gasteiger partial charge in [-0.25, -0.2) is 9.78 Å². The van der Waals surface area contributed by atoms with Crippen molar-refractivity contribution in [1.82, 2.24) is 14.7 Å². The van der Waals surface area contributed by atoms with Crippen LogP contribution in [0.15, 0.2) is 35.4 Å². The van der Waals surface area contributed by atoms with Crippen LogP contribution < -0.4 is 10.9 Å². The molecule has 2 unspecified atom stereocenters. The number of carboxylic acids is 1. The van der Waals surface area contributed by atoms with Crippen LogP contribution in [0.4, 0.5) is 0 Å². The van der Waals surface area contributed by atoms with E-state index in [2.05, 4.69) is 10.3 Å². The van der Waals surface area contributed by atoms with Gasteiger partial charge in [-0.3, -0.25) is 14.0 Å². The van der Waals surface area contributed by atoms with Crippen molar-refractivity contribution in [3.05, 3.63) is 46.5 Å². The summed E-state index contributed by atoms with van der Waals surface area (Å²) in [6.07, 6.45) is 2.53. The van der Waals surface area contributed by atoms with Gasteiger partial charge in [0.15, 0.2) is 0 Å². The van der Waals surface area contributed by atoms with Crippen LogP contribution in [0.25, 0.3) is 5.65 Å². The van der Waals surface area contributed by atoms with Gasteiger partial charge in [-0.15, -0.1) is 0 Å². The molecule has 1 amide bonds. The molecule has 8 nitrogen and oxygen atoms in total. The predicted molar refractivity (Wildman–Crippen MR) is 93.1 cm³/mol. The van der Waals surface area contributed by atoms with Gasteiger partial charge >= 0.3 is 5.97 Å². The Bertz CT molecular complexity index is 936. The molecule has 0 saturated heterocycles. The van der Waals surface area contributed by atoms with Crippen LogP contribution in [0.1, 0.15) is 37.6 Å². The zero-order valence-electron chi connectivity index (χ0n) is 14.9. The van der Waals surface area contributed by atoms with Crippen LogP contribution in [0.5, 0.6) is 0 Å². The highest BCUT2D eigenvalue weighted by atomic mass is 16.5. The summed E-state index contributed by atoms with van der Waals surface area (Å²) in [5.74, 6) is -1.91. The van der Waals surface area contributed by atoms with E-state index in [1.165, 1.54) is 16.8 Å². The zero-order chi connectivity index (χ0) is 19.1. The van der Waals surface area contributed by atoms with E-state index in [9.17, 15) is 19.5 Å². The third kappa shape index (κ3) is 2.48. The van der Waals surface area contributed by atoms with Crippen molar-refractivity contribution in [3.63, 3.8) is 0 Å². The minimum atomic E-state index is -1.51. The third-order valence-electron chi connectivity index (χ3n) is 5.31. The van der Waals surface area contributed by atoms with Crippen LogP contribution in [-0.2, 0) is 9.53 Å². The van der Waals surface area contributed by atoms with E-state index < -0.39 is 28.4 Å². The van der Waals surface area contributed by atoms with Crippen LogP contribution in [0.2, 0.25) is 0 Å². The summed E-state index contributed by atoms with van der Waals surface area (Å²) in [7, 11) is 0. The lowest BCUT2D eigenvalue weighted by Gasteiger charge is -2.58. The summed E-state index contributed by atoms with van der Waals surface area (Å²) >= 11 is 0. The van der Waals surface area contributed by atoms with Crippen molar-refractivity contribution in [2.24, 2.45) is 5.41 Å². The molecule has 0 spiro atoms. The number of aromatic nitrogens is 2. The standard InChI is InChI=1S/C18H21N3O5/c1-4-26-12-9-18(16(24)25,17(12,2)3)20-14(22)11-10-19-13-7-5-6-8-21(13)15(11)23/h5-8,10,12H,4,9H2,1-3H3,(H,20,22)(H,24,25). The zero-order valence-corrected chi connectivity index (χ0v) is 14.9. The second kappa shape index (κ2) is 6.21. The number of rotatable bonds is 5. The number of carboxylic acid groups (broad SMARTS) is 1. The average Bonchev–Trinajstić information content (AvgIpc) is 2.60. The second-order valence-electron chi connectivity index (χ2n) is 6.94. The minimum Gasteiger partial charge on any atom is -0.479 e. The van der Waals surface area contributed by atoms with E-state index in [-0.39, 0.29) is 18.1 Å². The largest absolute Gasteiger partial charge is 0.479 e. The first-order valence-electron chi connectivity index (χ1n) is 8.38. The summed E-state index contributed by atoms with van der Waals surface area (Å²) in [6, 6.07) is 5.02. The summed E-state index contributed by atoms with van der Waals surface area (Å²) in [5.41, 5.74) is -2.68. The van der Waals surface area contributed by atoms with Crippen molar-refractivity contribution in [2.45, 2.75) is 38.8 Å². The SMILES string of the molecule is CCOC1CC(NC(=O)c2cnc3ccccn3c2=O)(C(=O)O)C1(C)C. The van der Waals surface area contributed by atoms with Gasteiger partial charge < -0.3 is 15.2 Å². The first-order valence-corrected chi connectivity index (χ1v) is 8.38. The van der Waals surface area contributed by atoms with Crippen LogP contribution in [0, 0.1) is 5.41 Å². The lowest BCUT2D eigenvalue weighted by Crippen LogP contribution is -2.76. The molecule has 0 aliphatic heterocycles. The van der Waals surface area contributed by atoms with Gasteiger partial charge in [-0.2, -0.15) is 0 Å². The van der Waals surface area contributed by atoms with Gasteiger partial charge in [0, 0.05) is 30.8 Å². The van der Waals surface area contributed by atoms with Gasteiger partial charge in [-0.05, 0) is 19.1 Å². The number of pyridine rings is 1. The molecule has 138 valence electrons. The molecule has 1 aliphatic carbocycles. The maximum atomic E-state index is 12.7. The Morgan fingerprint density at radius 2 is 2.15 bits per heavy atom. The fraction of sp³-hybridized carbons (Fsp3) is 0.444. The fourth-order valence-corrected chi connectivity index (χ4v) is 3.48. The molecule has 2 aromatic rings. The lowest BCUT2D eigenvalue weighted by molar-refractivity contribution is -0.190. The molecule has 0 radical (unpaired) electrons. The average molecular weight is 359 g/mol. The highest BCUT2D eigenvalue weighted by Crippen LogP contribution is 2.51. The Labute approximate surface area is 149 Å². The molecule has 2 aromatic heterocycles. The van der Waals surface area contributed by atoms with Gasteiger partial charge in [0.1, 0.15) is 16.7 Å². The van der Waals surface area contributed by atoms with Crippen molar-refractivity contribution in [1.29, 1.82) is 0 Å². The minimum absolute atomic E-state index is 0.136. The third-order valence-corrected chi connectivity index (χ3v) is 5.31. The maximum absolute atomic E-state index is 12.7. The molecule has 2 heterocycles. The number of hydrogen-bond acceptors (Lipinski definition) is 5. The van der Waals surface area contributed by atoms with E-state index in [0.717, 1.165) is 0 Å². The van der Waals surface area contributed by atoms with Gasteiger partial charge in [0.25, 0.3) is 11.5 Å². The van der Waals surface area contributed by atoms with E-state index in [0.29, 0.717) is 12.3 Å². The molecule has 26 heavy (non-hydrogen) atoms. The first kappa shape index (κ1) is 18.1. The van der Waals surface area contributed by atoms with Gasteiger partial charge in [-0.1, -0.05) is 19.9 Å². The molecule has 8 heteroatoms. The molecule has 1 fully saturated rings. The molecule has 2 N–H and O–H groups in total. The molecule has 1 saturated carbocycles. The van der Waals surface area contributed by atoms with Crippen LogP contribution in [0.3, 0.4) is 0 Å². The Balaban J connectivity index is 1.95. The van der Waals surface area contributed by atoms with E-state index >= 15 is 0 Å². The molecule has 1 aliphatic rings. The monoisotopic (exact) mass is 359 g/mol. The highest BCUT2D eigenvalue weighted by molar-refractivity contribution is 5.98. The van der Waals surface area contributed by atoms with Crippen LogP contribution in [-0.4, -0.2) is 44.6 Å². The topological polar surface area (TPSA) is 110 Å². The predicted octanol–water partition coefficient (Wildman–Crippen LogP) is 1.08. The number of nitrogens with zero attached hydrogens (tertiary/aromatic N) is 2. The highest BCUT2D eigenvalue weighted by Gasteiger charge is 2.66. The Kier molecular flexibility index (Phi) is 4.31. The number of ether oxygens (including phenoxy) is 1. The van der Waals surface area contributed by atoms with E-state index in [4.69, 9.17) is 4.74 Å².